The first-order valence-electron chi connectivity index (χ1n) is 5.13. The summed E-state index contributed by atoms with van der Waals surface area (Å²) in [6.45, 7) is 0.938. The summed E-state index contributed by atoms with van der Waals surface area (Å²) in [4.78, 5) is 15.9. The molecule has 1 aromatic heterocycles. The molecule has 0 aliphatic carbocycles. The monoisotopic (exact) mass is 215 g/mol. The second kappa shape index (κ2) is 4.72. The Morgan fingerprint density at radius 2 is 2.00 bits per heavy atom. The molecule has 0 aliphatic heterocycles. The summed E-state index contributed by atoms with van der Waals surface area (Å²) in [5.74, 6) is 0. The Bertz CT molecular complexity index is 519. The third-order valence-corrected chi connectivity index (χ3v) is 2.32. The van der Waals surface area contributed by atoms with E-state index in [0.717, 1.165) is 5.56 Å². The lowest BCUT2D eigenvalue weighted by Gasteiger charge is -2.04. The molecule has 0 saturated carbocycles. The van der Waals surface area contributed by atoms with Gasteiger partial charge in [-0.05, 0) is 0 Å². The minimum atomic E-state index is -0.0701. The van der Waals surface area contributed by atoms with Crippen LogP contribution in [0.15, 0.2) is 47.5 Å². The standard InChI is InChI=1S/C12H13N3O/c13-6-7-15-9-14-11(8-12(15)16)10-4-2-1-3-5-10/h1-5,8-9H,6-7,13H2. The number of nitrogens with zero attached hydrogens (tertiary/aromatic N) is 2. The summed E-state index contributed by atoms with van der Waals surface area (Å²) < 4.78 is 1.51. The van der Waals surface area contributed by atoms with Crippen LogP contribution in [-0.2, 0) is 6.54 Å². The first kappa shape index (κ1) is 10.6. The van der Waals surface area contributed by atoms with Gasteiger partial charge in [0.15, 0.2) is 0 Å². The Labute approximate surface area is 93.4 Å². The van der Waals surface area contributed by atoms with Gasteiger partial charge in [0, 0.05) is 24.7 Å². The van der Waals surface area contributed by atoms with E-state index >= 15 is 0 Å². The second-order valence-electron chi connectivity index (χ2n) is 3.46. The van der Waals surface area contributed by atoms with Crippen LogP contribution >= 0.6 is 0 Å². The van der Waals surface area contributed by atoms with Crippen LogP contribution in [0.3, 0.4) is 0 Å². The third-order valence-electron chi connectivity index (χ3n) is 2.32. The van der Waals surface area contributed by atoms with Gasteiger partial charge in [-0.3, -0.25) is 9.36 Å². The number of aromatic nitrogens is 2. The van der Waals surface area contributed by atoms with Crippen LogP contribution < -0.4 is 11.3 Å². The maximum absolute atomic E-state index is 11.7. The molecule has 2 N–H and O–H groups in total. The molecule has 1 aromatic carbocycles. The second-order valence-corrected chi connectivity index (χ2v) is 3.46. The largest absolute Gasteiger partial charge is 0.329 e. The van der Waals surface area contributed by atoms with E-state index in [1.807, 2.05) is 30.3 Å². The van der Waals surface area contributed by atoms with Crippen molar-refractivity contribution < 1.29 is 0 Å². The van der Waals surface area contributed by atoms with Crippen molar-refractivity contribution in [2.45, 2.75) is 6.54 Å². The highest BCUT2D eigenvalue weighted by atomic mass is 16.1. The number of hydrogen-bond donors (Lipinski definition) is 1. The molecule has 4 nitrogen and oxygen atoms in total. The molecule has 4 heteroatoms. The van der Waals surface area contributed by atoms with E-state index in [9.17, 15) is 4.79 Å². The summed E-state index contributed by atoms with van der Waals surface area (Å²) in [6.07, 6.45) is 1.54. The van der Waals surface area contributed by atoms with Crippen LogP contribution in [0.2, 0.25) is 0 Å². The third kappa shape index (κ3) is 2.17. The zero-order valence-electron chi connectivity index (χ0n) is 8.84. The van der Waals surface area contributed by atoms with Gasteiger partial charge >= 0.3 is 0 Å². The lowest BCUT2D eigenvalue weighted by molar-refractivity contribution is 0.666. The molecular weight excluding hydrogens is 202 g/mol. The van der Waals surface area contributed by atoms with Crippen molar-refractivity contribution >= 4 is 0 Å². The summed E-state index contributed by atoms with van der Waals surface area (Å²) in [6, 6.07) is 11.2. The van der Waals surface area contributed by atoms with Gasteiger partial charge in [0.25, 0.3) is 5.56 Å². The fourth-order valence-corrected chi connectivity index (χ4v) is 1.50. The predicted molar refractivity (Wildman–Crippen MR) is 63.0 cm³/mol. The van der Waals surface area contributed by atoms with Gasteiger partial charge in [0.05, 0.1) is 12.0 Å². The van der Waals surface area contributed by atoms with E-state index in [4.69, 9.17) is 5.73 Å². The minimum absolute atomic E-state index is 0.0701. The predicted octanol–water partition coefficient (Wildman–Crippen LogP) is 0.869. The zero-order valence-corrected chi connectivity index (χ0v) is 8.84. The number of rotatable bonds is 3. The topological polar surface area (TPSA) is 60.9 Å². The molecule has 0 radical (unpaired) electrons. The van der Waals surface area contributed by atoms with E-state index in [1.54, 1.807) is 0 Å². The van der Waals surface area contributed by atoms with Gasteiger partial charge in [-0.1, -0.05) is 30.3 Å². The molecule has 0 fully saturated rings. The molecule has 2 aromatic rings. The molecule has 0 bridgehead atoms. The Hall–Kier alpha value is -1.94. The lowest BCUT2D eigenvalue weighted by atomic mass is 10.1. The minimum Gasteiger partial charge on any atom is -0.329 e. The Morgan fingerprint density at radius 3 is 2.62 bits per heavy atom. The van der Waals surface area contributed by atoms with Gasteiger partial charge in [0.2, 0.25) is 0 Å². The van der Waals surface area contributed by atoms with Crippen LogP contribution in [0.1, 0.15) is 0 Å². The first-order valence-corrected chi connectivity index (χ1v) is 5.13. The highest BCUT2D eigenvalue weighted by molar-refractivity contribution is 5.57. The normalized spacial score (nSPS) is 10.3. The highest BCUT2D eigenvalue weighted by Crippen LogP contribution is 2.13. The van der Waals surface area contributed by atoms with Crippen LogP contribution in [0, 0.1) is 0 Å². The summed E-state index contributed by atoms with van der Waals surface area (Å²) in [5.41, 5.74) is 6.96. The van der Waals surface area contributed by atoms with Crippen molar-refractivity contribution in [3.63, 3.8) is 0 Å². The van der Waals surface area contributed by atoms with Crippen LogP contribution in [0.4, 0.5) is 0 Å². The quantitative estimate of drug-likeness (QED) is 0.826. The van der Waals surface area contributed by atoms with Crippen molar-refractivity contribution in [2.75, 3.05) is 6.54 Å². The number of nitrogens with two attached hydrogens (primary N) is 1. The lowest BCUT2D eigenvalue weighted by Crippen LogP contribution is -2.23. The maximum atomic E-state index is 11.7. The summed E-state index contributed by atoms with van der Waals surface area (Å²) >= 11 is 0. The van der Waals surface area contributed by atoms with E-state index in [1.165, 1.54) is 17.0 Å². The van der Waals surface area contributed by atoms with Gasteiger partial charge in [0.1, 0.15) is 0 Å². The van der Waals surface area contributed by atoms with E-state index < -0.39 is 0 Å². The molecule has 0 unspecified atom stereocenters. The van der Waals surface area contributed by atoms with Crippen LogP contribution in [0.25, 0.3) is 11.3 Å². The van der Waals surface area contributed by atoms with Crippen molar-refractivity contribution in [3.8, 4) is 11.3 Å². The molecule has 82 valence electrons. The highest BCUT2D eigenvalue weighted by Gasteiger charge is 2.01. The fraction of sp³-hybridized carbons (Fsp3) is 0.167. The average Bonchev–Trinajstić information content (AvgIpc) is 2.33. The number of benzene rings is 1. The first-order chi connectivity index (χ1) is 7.81. The van der Waals surface area contributed by atoms with Gasteiger partial charge < -0.3 is 5.73 Å². The van der Waals surface area contributed by atoms with Crippen molar-refractivity contribution in [1.82, 2.24) is 9.55 Å². The smallest absolute Gasteiger partial charge is 0.253 e. The van der Waals surface area contributed by atoms with Gasteiger partial charge in [-0.2, -0.15) is 0 Å². The fourth-order valence-electron chi connectivity index (χ4n) is 1.50. The molecule has 0 spiro atoms. The SMILES string of the molecule is NCCn1cnc(-c2ccccc2)cc1=O. The summed E-state index contributed by atoms with van der Waals surface area (Å²) in [5, 5.41) is 0. The molecular formula is C12H13N3O. The van der Waals surface area contributed by atoms with Crippen molar-refractivity contribution in [3.05, 3.63) is 53.1 Å². The van der Waals surface area contributed by atoms with Gasteiger partial charge in [-0.15, -0.1) is 0 Å². The molecule has 0 saturated heterocycles. The molecule has 0 atom stereocenters. The molecule has 0 amide bonds. The van der Waals surface area contributed by atoms with Crippen LogP contribution in [-0.4, -0.2) is 16.1 Å². The molecule has 0 aliphatic rings. The van der Waals surface area contributed by atoms with Crippen molar-refractivity contribution in [1.29, 1.82) is 0 Å². The van der Waals surface area contributed by atoms with Crippen LogP contribution in [0.5, 0.6) is 0 Å². The summed E-state index contributed by atoms with van der Waals surface area (Å²) in [7, 11) is 0. The van der Waals surface area contributed by atoms with Crippen molar-refractivity contribution in [2.24, 2.45) is 5.73 Å². The van der Waals surface area contributed by atoms with E-state index in [-0.39, 0.29) is 5.56 Å². The average molecular weight is 215 g/mol. The van der Waals surface area contributed by atoms with E-state index in [0.29, 0.717) is 18.8 Å². The number of hydrogen-bond acceptors (Lipinski definition) is 3. The Morgan fingerprint density at radius 1 is 1.25 bits per heavy atom. The Balaban J connectivity index is 2.39. The molecule has 2 rings (SSSR count). The zero-order chi connectivity index (χ0) is 11.4. The van der Waals surface area contributed by atoms with Gasteiger partial charge in [-0.25, -0.2) is 4.98 Å². The molecule has 1 heterocycles. The Kier molecular flexibility index (Phi) is 3.12. The maximum Gasteiger partial charge on any atom is 0.253 e. The molecule has 16 heavy (non-hydrogen) atoms. The van der Waals surface area contributed by atoms with E-state index in [2.05, 4.69) is 4.98 Å².